The molecule has 0 unspecified atom stereocenters. The summed E-state index contributed by atoms with van der Waals surface area (Å²) in [6, 6.07) is 5.44. The molecule has 0 bridgehead atoms. The largest absolute Gasteiger partial charge is 0.381 e. The third-order valence-corrected chi connectivity index (χ3v) is 4.50. The van der Waals surface area contributed by atoms with E-state index in [0.717, 1.165) is 37.2 Å². The third kappa shape index (κ3) is 2.78. The molecule has 1 heterocycles. The molecular weight excluding hydrogens is 244 g/mol. The maximum Gasteiger partial charge on any atom is 0.151 e. The van der Waals surface area contributed by atoms with E-state index in [4.69, 9.17) is 16.3 Å². The number of ether oxygens (including phenoxy) is 1. The molecule has 0 radical (unpaired) electrons. The van der Waals surface area contributed by atoms with Crippen LogP contribution in [0.4, 0.5) is 0 Å². The first-order valence-electron chi connectivity index (χ1n) is 5.29. The van der Waals surface area contributed by atoms with Crippen LogP contribution in [0.25, 0.3) is 0 Å². The second-order valence-corrected chi connectivity index (χ2v) is 5.42. The minimum absolute atomic E-state index is 0.507. The summed E-state index contributed by atoms with van der Waals surface area (Å²) in [6.45, 7) is 1.61. The van der Waals surface area contributed by atoms with Crippen LogP contribution in [0.3, 0.4) is 0 Å². The summed E-state index contributed by atoms with van der Waals surface area (Å²) >= 11 is 7.82. The van der Waals surface area contributed by atoms with Crippen LogP contribution in [0.1, 0.15) is 23.2 Å². The van der Waals surface area contributed by atoms with Crippen molar-refractivity contribution < 1.29 is 9.53 Å². The number of thioether (sulfide) groups is 1. The second-order valence-electron chi connectivity index (χ2n) is 3.71. The van der Waals surface area contributed by atoms with Crippen molar-refractivity contribution in [1.82, 2.24) is 0 Å². The molecular formula is C12H13ClO2S. The van der Waals surface area contributed by atoms with Gasteiger partial charge in [0.25, 0.3) is 0 Å². The lowest BCUT2D eigenvalue weighted by molar-refractivity contribution is 0.100. The van der Waals surface area contributed by atoms with Crippen LogP contribution in [0, 0.1) is 0 Å². The predicted molar refractivity (Wildman–Crippen MR) is 66.5 cm³/mol. The number of hydrogen-bond donors (Lipinski definition) is 0. The molecule has 0 aliphatic carbocycles. The minimum atomic E-state index is 0.507. The summed E-state index contributed by atoms with van der Waals surface area (Å²) in [5.74, 6) is 0. The maximum absolute atomic E-state index is 10.9. The zero-order valence-corrected chi connectivity index (χ0v) is 10.4. The highest BCUT2D eigenvalue weighted by atomic mass is 35.5. The normalized spacial score (nSPS) is 17.3. The Bertz CT molecular complexity index is 375. The molecule has 16 heavy (non-hydrogen) atoms. The Morgan fingerprint density at radius 3 is 2.81 bits per heavy atom. The first kappa shape index (κ1) is 12.0. The molecule has 1 aliphatic rings. The van der Waals surface area contributed by atoms with Gasteiger partial charge < -0.3 is 4.74 Å². The molecule has 1 aliphatic heterocycles. The molecule has 0 N–H and O–H groups in total. The Morgan fingerprint density at radius 2 is 2.12 bits per heavy atom. The van der Waals surface area contributed by atoms with Gasteiger partial charge in [-0.05, 0) is 18.9 Å². The Kier molecular flexibility index (Phi) is 4.27. The van der Waals surface area contributed by atoms with Crippen molar-refractivity contribution in [2.45, 2.75) is 23.0 Å². The number of aldehydes is 1. The number of carbonyl (C=O) groups is 1. The molecule has 1 aromatic carbocycles. The van der Waals surface area contributed by atoms with E-state index in [1.54, 1.807) is 23.9 Å². The fourth-order valence-corrected chi connectivity index (χ4v) is 3.21. The van der Waals surface area contributed by atoms with Crippen molar-refractivity contribution in [3.8, 4) is 0 Å². The molecule has 4 heteroatoms. The van der Waals surface area contributed by atoms with Gasteiger partial charge in [-0.2, -0.15) is 0 Å². The van der Waals surface area contributed by atoms with E-state index in [-0.39, 0.29) is 0 Å². The van der Waals surface area contributed by atoms with Crippen molar-refractivity contribution in [3.63, 3.8) is 0 Å². The highest BCUT2D eigenvalue weighted by molar-refractivity contribution is 8.00. The van der Waals surface area contributed by atoms with Gasteiger partial charge in [0.1, 0.15) is 0 Å². The fraction of sp³-hybridized carbons (Fsp3) is 0.417. The molecule has 0 aromatic heterocycles. The molecule has 0 amide bonds. The zero-order valence-electron chi connectivity index (χ0n) is 8.82. The number of halogens is 1. The van der Waals surface area contributed by atoms with Crippen molar-refractivity contribution in [3.05, 3.63) is 28.8 Å². The minimum Gasteiger partial charge on any atom is -0.381 e. The quantitative estimate of drug-likeness (QED) is 0.775. The van der Waals surface area contributed by atoms with E-state index in [1.165, 1.54) is 0 Å². The SMILES string of the molecule is O=Cc1cccc(Cl)c1SC1CCOCC1. The average molecular weight is 257 g/mol. The van der Waals surface area contributed by atoms with E-state index in [1.807, 2.05) is 6.07 Å². The van der Waals surface area contributed by atoms with Gasteiger partial charge in [0.2, 0.25) is 0 Å². The van der Waals surface area contributed by atoms with Crippen molar-refractivity contribution in [2.75, 3.05) is 13.2 Å². The van der Waals surface area contributed by atoms with Gasteiger partial charge in [0, 0.05) is 28.9 Å². The standard InChI is InChI=1S/C12H13ClO2S/c13-11-3-1-2-9(8-14)12(11)16-10-4-6-15-7-5-10/h1-3,8,10H,4-7H2. The second kappa shape index (κ2) is 5.71. The number of hydrogen-bond acceptors (Lipinski definition) is 3. The molecule has 0 spiro atoms. The Labute approximate surface area is 104 Å². The summed E-state index contributed by atoms with van der Waals surface area (Å²) in [4.78, 5) is 11.8. The van der Waals surface area contributed by atoms with E-state index >= 15 is 0 Å². The van der Waals surface area contributed by atoms with Gasteiger partial charge in [-0.15, -0.1) is 11.8 Å². The van der Waals surface area contributed by atoms with Crippen LogP contribution in [-0.4, -0.2) is 24.7 Å². The van der Waals surface area contributed by atoms with Gasteiger partial charge in [-0.3, -0.25) is 4.79 Å². The van der Waals surface area contributed by atoms with E-state index in [2.05, 4.69) is 0 Å². The van der Waals surface area contributed by atoms with Crippen molar-refractivity contribution >= 4 is 29.6 Å². The molecule has 1 saturated heterocycles. The zero-order chi connectivity index (χ0) is 11.4. The van der Waals surface area contributed by atoms with Gasteiger partial charge in [0.05, 0.1) is 5.02 Å². The Morgan fingerprint density at radius 1 is 1.38 bits per heavy atom. The summed E-state index contributed by atoms with van der Waals surface area (Å²) < 4.78 is 5.31. The Hall–Kier alpha value is -0.510. The van der Waals surface area contributed by atoms with Gasteiger partial charge >= 0.3 is 0 Å². The first-order valence-corrected chi connectivity index (χ1v) is 6.55. The van der Waals surface area contributed by atoms with Crippen LogP contribution in [0.5, 0.6) is 0 Å². The predicted octanol–water partition coefficient (Wildman–Crippen LogP) is 3.42. The maximum atomic E-state index is 10.9. The number of benzene rings is 1. The van der Waals surface area contributed by atoms with Crippen LogP contribution >= 0.6 is 23.4 Å². The summed E-state index contributed by atoms with van der Waals surface area (Å²) in [6.07, 6.45) is 2.91. The van der Waals surface area contributed by atoms with Crippen LogP contribution in [-0.2, 0) is 4.74 Å². The monoisotopic (exact) mass is 256 g/mol. The third-order valence-electron chi connectivity index (χ3n) is 2.58. The van der Waals surface area contributed by atoms with E-state index < -0.39 is 0 Å². The molecule has 0 saturated carbocycles. The average Bonchev–Trinajstić information content (AvgIpc) is 2.33. The molecule has 2 nitrogen and oxygen atoms in total. The molecule has 2 rings (SSSR count). The van der Waals surface area contributed by atoms with Gasteiger partial charge in [-0.1, -0.05) is 23.7 Å². The highest BCUT2D eigenvalue weighted by Gasteiger charge is 2.18. The highest BCUT2D eigenvalue weighted by Crippen LogP contribution is 2.36. The van der Waals surface area contributed by atoms with E-state index in [0.29, 0.717) is 15.8 Å². The van der Waals surface area contributed by atoms with Crippen molar-refractivity contribution in [2.24, 2.45) is 0 Å². The van der Waals surface area contributed by atoms with E-state index in [9.17, 15) is 4.79 Å². The summed E-state index contributed by atoms with van der Waals surface area (Å²) in [5.41, 5.74) is 0.684. The lowest BCUT2D eigenvalue weighted by Crippen LogP contribution is -2.17. The van der Waals surface area contributed by atoms with Gasteiger partial charge in [-0.25, -0.2) is 0 Å². The summed E-state index contributed by atoms with van der Waals surface area (Å²) in [5, 5.41) is 1.17. The number of rotatable bonds is 3. The molecule has 86 valence electrons. The summed E-state index contributed by atoms with van der Waals surface area (Å²) in [7, 11) is 0. The lowest BCUT2D eigenvalue weighted by atomic mass is 10.2. The van der Waals surface area contributed by atoms with Crippen molar-refractivity contribution in [1.29, 1.82) is 0 Å². The van der Waals surface area contributed by atoms with Gasteiger partial charge in [0.15, 0.2) is 6.29 Å². The van der Waals surface area contributed by atoms with Crippen LogP contribution < -0.4 is 0 Å². The molecule has 1 aromatic rings. The lowest BCUT2D eigenvalue weighted by Gasteiger charge is -2.22. The Balaban J connectivity index is 2.15. The molecule has 0 atom stereocenters. The topological polar surface area (TPSA) is 26.3 Å². The smallest absolute Gasteiger partial charge is 0.151 e. The van der Waals surface area contributed by atoms with Crippen LogP contribution in [0.15, 0.2) is 23.1 Å². The first-order chi connectivity index (χ1) is 7.81. The molecule has 1 fully saturated rings. The fourth-order valence-electron chi connectivity index (χ4n) is 1.70. The van der Waals surface area contributed by atoms with Crippen LogP contribution in [0.2, 0.25) is 5.02 Å². The number of carbonyl (C=O) groups excluding carboxylic acids is 1.